The van der Waals surface area contributed by atoms with E-state index in [2.05, 4.69) is 4.40 Å². The van der Waals surface area contributed by atoms with Gasteiger partial charge in [-0.2, -0.15) is 8.42 Å². The molecule has 0 aliphatic heterocycles. The van der Waals surface area contributed by atoms with E-state index in [0.29, 0.717) is 28.0 Å². The zero-order valence-corrected chi connectivity index (χ0v) is 24.2. The van der Waals surface area contributed by atoms with Gasteiger partial charge in [-0.25, -0.2) is 0 Å². The summed E-state index contributed by atoms with van der Waals surface area (Å²) in [6.45, 7) is 19.6. The van der Waals surface area contributed by atoms with E-state index in [4.69, 9.17) is 13.7 Å². The van der Waals surface area contributed by atoms with Crippen LogP contribution in [0.5, 0.6) is 17.2 Å². The van der Waals surface area contributed by atoms with Gasteiger partial charge in [0.15, 0.2) is 11.8 Å². The molecule has 0 heterocycles. The molecule has 0 aromatic heterocycles. The summed E-state index contributed by atoms with van der Waals surface area (Å²) in [7, 11) is -3.08. The number of benzene rings is 2. The summed E-state index contributed by atoms with van der Waals surface area (Å²) in [6.07, 6.45) is -1.27. The Labute approximate surface area is 216 Å². The second kappa shape index (κ2) is 10.7. The van der Waals surface area contributed by atoms with Gasteiger partial charge >= 0.3 is 10.3 Å². The van der Waals surface area contributed by atoms with E-state index in [-0.39, 0.29) is 23.3 Å². The molecular weight excluding hydrogens is 478 g/mol. The third-order valence-electron chi connectivity index (χ3n) is 5.80. The predicted octanol–water partition coefficient (Wildman–Crippen LogP) is 5.96. The van der Waals surface area contributed by atoms with Gasteiger partial charge in [0.2, 0.25) is 0 Å². The quantitative estimate of drug-likeness (QED) is 0.332. The molecule has 0 atom stereocenters. The van der Waals surface area contributed by atoms with Crippen molar-refractivity contribution < 1.29 is 27.2 Å². The van der Waals surface area contributed by atoms with Crippen molar-refractivity contribution in [3.05, 3.63) is 52.6 Å². The van der Waals surface area contributed by atoms with Crippen molar-refractivity contribution in [1.29, 1.82) is 0 Å². The summed E-state index contributed by atoms with van der Waals surface area (Å²) >= 11 is 0. The minimum absolute atomic E-state index is 0.00355. The third kappa shape index (κ3) is 7.15. The minimum Gasteiger partial charge on any atom is -0.565 e. The molecular formula is C28H40NO6S-. The summed E-state index contributed by atoms with van der Waals surface area (Å²) in [5.41, 5.74) is 1.97. The monoisotopic (exact) mass is 518 g/mol. The fraction of sp³-hybridized carbons (Fsp3) is 0.536. The largest absolute Gasteiger partial charge is 0.565 e. The van der Waals surface area contributed by atoms with Crippen LogP contribution in [-0.2, 0) is 21.1 Å². The highest BCUT2D eigenvalue weighted by Gasteiger charge is 2.27. The van der Waals surface area contributed by atoms with Crippen LogP contribution in [-0.4, -0.2) is 21.6 Å². The van der Waals surface area contributed by atoms with Gasteiger partial charge in [0.25, 0.3) is 0 Å². The first-order valence-corrected chi connectivity index (χ1v) is 13.5. The van der Waals surface area contributed by atoms with Crippen molar-refractivity contribution in [3.8, 4) is 17.2 Å². The molecule has 0 radical (unpaired) electrons. The van der Waals surface area contributed by atoms with Crippen molar-refractivity contribution in [2.24, 2.45) is 4.40 Å². The number of nitrogens with zero attached hydrogens (tertiary/aromatic N) is 1. The van der Waals surface area contributed by atoms with E-state index in [1.54, 1.807) is 19.2 Å². The number of methoxy groups -OCH3 is 1. The summed E-state index contributed by atoms with van der Waals surface area (Å²) in [5.74, 6) is 1.09. The average molecular weight is 519 g/mol. The Balaban J connectivity index is 2.59. The maximum Gasteiger partial charge on any atom is 0.430 e. The average Bonchev–Trinajstić information content (AvgIpc) is 2.71. The molecule has 2 aromatic rings. The first-order valence-electron chi connectivity index (χ1n) is 12.1. The molecule has 0 N–H and O–H groups in total. The summed E-state index contributed by atoms with van der Waals surface area (Å²) in [6, 6.07) is 9.05. The van der Waals surface area contributed by atoms with Crippen LogP contribution in [0.2, 0.25) is 0 Å². The summed E-state index contributed by atoms with van der Waals surface area (Å²) in [4.78, 5) is 0. The maximum atomic E-state index is 12.9. The number of hydrogen-bond acceptors (Lipinski definition) is 6. The van der Waals surface area contributed by atoms with Crippen LogP contribution in [0, 0.1) is 0 Å². The van der Waals surface area contributed by atoms with E-state index in [9.17, 15) is 13.5 Å². The van der Waals surface area contributed by atoms with Gasteiger partial charge in [-0.3, -0.25) is 0 Å². The predicted molar refractivity (Wildman–Crippen MR) is 143 cm³/mol. The lowest BCUT2D eigenvalue weighted by molar-refractivity contribution is -0.239. The highest BCUT2D eigenvalue weighted by atomic mass is 32.2. The molecule has 2 aromatic carbocycles. The Morgan fingerprint density at radius 3 is 1.67 bits per heavy atom. The van der Waals surface area contributed by atoms with Gasteiger partial charge < -0.3 is 18.8 Å². The molecule has 2 rings (SSSR count). The number of para-hydroxylation sites is 1. The fourth-order valence-electron chi connectivity index (χ4n) is 3.84. The maximum absolute atomic E-state index is 12.9. The van der Waals surface area contributed by atoms with E-state index in [1.807, 2.05) is 87.4 Å². The Morgan fingerprint density at radius 2 is 1.31 bits per heavy atom. The minimum atomic E-state index is -4.65. The van der Waals surface area contributed by atoms with Crippen LogP contribution < -0.4 is 18.8 Å². The van der Waals surface area contributed by atoms with Crippen LogP contribution in [0.25, 0.3) is 0 Å². The molecule has 0 unspecified atom stereocenters. The highest BCUT2D eigenvalue weighted by molar-refractivity contribution is 7.85. The second-order valence-electron chi connectivity index (χ2n) is 11.6. The molecule has 0 bridgehead atoms. The molecule has 0 aliphatic rings. The van der Waals surface area contributed by atoms with Crippen molar-refractivity contribution in [2.75, 3.05) is 7.11 Å². The van der Waals surface area contributed by atoms with E-state index in [1.165, 1.54) is 0 Å². The van der Waals surface area contributed by atoms with E-state index in [0.717, 1.165) is 0 Å². The van der Waals surface area contributed by atoms with Gasteiger partial charge in [0.05, 0.1) is 7.11 Å². The lowest BCUT2D eigenvalue weighted by atomic mass is 9.79. The molecule has 200 valence electrons. The van der Waals surface area contributed by atoms with Crippen molar-refractivity contribution in [3.63, 3.8) is 0 Å². The van der Waals surface area contributed by atoms with Crippen molar-refractivity contribution >= 4 is 16.4 Å². The van der Waals surface area contributed by atoms with Crippen LogP contribution in [0.15, 0.2) is 34.7 Å². The molecule has 7 nitrogen and oxygen atoms in total. The third-order valence-corrected chi connectivity index (χ3v) is 6.55. The zero-order chi connectivity index (χ0) is 27.6. The molecule has 0 saturated heterocycles. The molecule has 36 heavy (non-hydrogen) atoms. The van der Waals surface area contributed by atoms with Gasteiger partial charge in [0, 0.05) is 5.75 Å². The van der Waals surface area contributed by atoms with Crippen LogP contribution >= 0.6 is 0 Å². The zero-order valence-electron chi connectivity index (χ0n) is 23.3. The fourth-order valence-corrected chi connectivity index (χ4v) is 4.50. The number of ether oxygens (including phenoxy) is 2. The molecule has 0 spiro atoms. The molecule has 0 amide bonds. The first-order chi connectivity index (χ1) is 16.4. The lowest BCUT2D eigenvalue weighted by Gasteiger charge is -2.33. The Hall–Kier alpha value is -2.74. The van der Waals surface area contributed by atoms with Gasteiger partial charge in [0.1, 0.15) is 5.75 Å². The summed E-state index contributed by atoms with van der Waals surface area (Å²) in [5, 5.41) is 12.9. The smallest absolute Gasteiger partial charge is 0.430 e. The highest BCUT2D eigenvalue weighted by Crippen LogP contribution is 2.42. The lowest BCUT2D eigenvalue weighted by Crippen LogP contribution is -2.30. The van der Waals surface area contributed by atoms with Gasteiger partial charge in [-0.05, 0) is 57.1 Å². The summed E-state index contributed by atoms with van der Waals surface area (Å²) < 4.78 is 45.7. The van der Waals surface area contributed by atoms with Crippen LogP contribution in [0.4, 0.5) is 0 Å². The van der Waals surface area contributed by atoms with E-state index >= 15 is 0 Å². The molecule has 8 heteroatoms. The van der Waals surface area contributed by atoms with Crippen molar-refractivity contribution in [1.82, 2.24) is 0 Å². The Morgan fingerprint density at radius 1 is 0.861 bits per heavy atom. The normalized spacial score (nSPS) is 13.3. The number of hydrogen-bond donors (Lipinski definition) is 0. The second-order valence-corrected chi connectivity index (χ2v) is 12.8. The molecule has 0 fully saturated rings. The Kier molecular flexibility index (Phi) is 8.77. The topological polar surface area (TPSA) is 97.2 Å². The van der Waals surface area contributed by atoms with Gasteiger partial charge in [-0.1, -0.05) is 87.4 Å². The molecule has 0 aliphatic carbocycles. The van der Waals surface area contributed by atoms with Crippen LogP contribution in [0.3, 0.4) is 0 Å². The first kappa shape index (κ1) is 29.5. The molecule has 0 saturated carbocycles. The van der Waals surface area contributed by atoms with Crippen LogP contribution in [0.1, 0.15) is 103 Å². The van der Waals surface area contributed by atoms with Gasteiger partial charge in [-0.15, -0.1) is 4.40 Å². The van der Waals surface area contributed by atoms with Crippen molar-refractivity contribution in [2.45, 2.75) is 91.9 Å². The number of rotatable bonds is 7. The Bertz CT molecular complexity index is 1150. The van der Waals surface area contributed by atoms with E-state index < -0.39 is 27.2 Å². The SMILES string of the molecule is COc1cc(C(C)(C)C)c(O/C([O-])=N/S(=O)(=O)Oc2c(C(C)C)cccc2C(C)C)c(C(C)(C)C)c1. The standard InChI is InChI=1S/C28H41NO6S/c1-17(2)20-13-12-14-21(18(3)4)24(20)35-36(31,32)29-26(30)34-25-22(27(5,6)7)15-19(33-11)16-23(25)28(8,9)10/h12-18H,1-11H3,(H,29,30)/p-1.